The number of ether oxygens (including phenoxy) is 1. The van der Waals surface area contributed by atoms with Crippen LogP contribution in [0.25, 0.3) is 0 Å². The number of aryl methyl sites for hydroxylation is 2. The van der Waals surface area contributed by atoms with Crippen molar-refractivity contribution in [2.24, 2.45) is 0 Å². The first-order valence-corrected chi connectivity index (χ1v) is 7.21. The Morgan fingerprint density at radius 1 is 1.30 bits per heavy atom. The van der Waals surface area contributed by atoms with E-state index in [1.165, 1.54) is 12.0 Å². The van der Waals surface area contributed by atoms with Crippen LogP contribution in [0.15, 0.2) is 30.6 Å². The quantitative estimate of drug-likeness (QED) is 0.921. The molecule has 2 aromatic rings. The van der Waals surface area contributed by atoms with Crippen LogP contribution in [-0.4, -0.2) is 16.5 Å². The van der Waals surface area contributed by atoms with Crippen molar-refractivity contribution in [3.63, 3.8) is 0 Å². The normalized spacial score (nSPS) is 13.4. The highest BCUT2D eigenvalue weighted by Crippen LogP contribution is 2.34. The highest BCUT2D eigenvalue weighted by atomic mass is 16.5. The Kier molecular flexibility index (Phi) is 3.81. The van der Waals surface area contributed by atoms with Gasteiger partial charge < -0.3 is 10.1 Å². The standard InChI is InChI=1S/C16H19N3O/c1-2-5-13-10-15(19-11-18-13)20-14-8-3-6-12-7-4-9-17-16(12)14/h3,6,8,10-11,17H,2,4-5,7,9H2,1H3. The first kappa shape index (κ1) is 12.9. The number of para-hydroxylation sites is 1. The van der Waals surface area contributed by atoms with Crippen molar-refractivity contribution in [1.82, 2.24) is 9.97 Å². The van der Waals surface area contributed by atoms with E-state index in [2.05, 4.69) is 28.3 Å². The molecule has 4 nitrogen and oxygen atoms in total. The van der Waals surface area contributed by atoms with E-state index >= 15 is 0 Å². The molecule has 0 fully saturated rings. The van der Waals surface area contributed by atoms with Crippen molar-refractivity contribution in [2.45, 2.75) is 32.6 Å². The van der Waals surface area contributed by atoms with E-state index < -0.39 is 0 Å². The van der Waals surface area contributed by atoms with Crippen LogP contribution >= 0.6 is 0 Å². The van der Waals surface area contributed by atoms with Crippen LogP contribution in [0.4, 0.5) is 5.69 Å². The van der Waals surface area contributed by atoms with Crippen LogP contribution in [0.2, 0.25) is 0 Å². The summed E-state index contributed by atoms with van der Waals surface area (Å²) in [6, 6.07) is 8.09. The van der Waals surface area contributed by atoms with E-state index in [1.807, 2.05) is 18.2 Å². The van der Waals surface area contributed by atoms with Crippen molar-refractivity contribution in [1.29, 1.82) is 0 Å². The molecule has 3 rings (SSSR count). The largest absolute Gasteiger partial charge is 0.437 e. The van der Waals surface area contributed by atoms with Gasteiger partial charge in [-0.1, -0.05) is 25.5 Å². The number of hydrogen-bond acceptors (Lipinski definition) is 4. The fourth-order valence-electron chi connectivity index (χ4n) is 2.50. The molecule has 0 aliphatic carbocycles. The molecule has 1 aromatic carbocycles. The number of benzene rings is 1. The fourth-order valence-corrected chi connectivity index (χ4v) is 2.50. The molecular weight excluding hydrogens is 250 g/mol. The van der Waals surface area contributed by atoms with Gasteiger partial charge >= 0.3 is 0 Å². The van der Waals surface area contributed by atoms with Gasteiger partial charge in [-0.3, -0.25) is 0 Å². The van der Waals surface area contributed by atoms with Crippen molar-refractivity contribution in [3.8, 4) is 11.6 Å². The van der Waals surface area contributed by atoms with Crippen LogP contribution in [-0.2, 0) is 12.8 Å². The minimum Gasteiger partial charge on any atom is -0.437 e. The van der Waals surface area contributed by atoms with Gasteiger partial charge in [-0.05, 0) is 30.9 Å². The summed E-state index contributed by atoms with van der Waals surface area (Å²) in [7, 11) is 0. The van der Waals surface area contributed by atoms with Gasteiger partial charge in [0.15, 0.2) is 5.75 Å². The zero-order valence-corrected chi connectivity index (χ0v) is 11.7. The van der Waals surface area contributed by atoms with Crippen molar-refractivity contribution < 1.29 is 4.74 Å². The maximum atomic E-state index is 5.95. The topological polar surface area (TPSA) is 47.0 Å². The number of anilines is 1. The third-order valence-corrected chi connectivity index (χ3v) is 3.46. The number of fused-ring (bicyclic) bond motifs is 1. The van der Waals surface area contributed by atoms with Crippen molar-refractivity contribution >= 4 is 5.69 Å². The molecule has 4 heteroatoms. The summed E-state index contributed by atoms with van der Waals surface area (Å²) in [5.74, 6) is 1.47. The Morgan fingerprint density at radius 3 is 3.15 bits per heavy atom. The zero-order valence-electron chi connectivity index (χ0n) is 11.7. The molecule has 20 heavy (non-hydrogen) atoms. The Labute approximate surface area is 119 Å². The van der Waals surface area contributed by atoms with Crippen LogP contribution in [0.1, 0.15) is 31.0 Å². The Hall–Kier alpha value is -2.10. The summed E-state index contributed by atoms with van der Waals surface area (Å²) in [5, 5.41) is 3.42. The number of rotatable bonds is 4. The van der Waals surface area contributed by atoms with E-state index in [9.17, 15) is 0 Å². The Balaban J connectivity index is 1.86. The monoisotopic (exact) mass is 269 g/mol. The molecule has 2 heterocycles. The summed E-state index contributed by atoms with van der Waals surface area (Å²) in [6.45, 7) is 3.14. The van der Waals surface area contributed by atoms with Gasteiger partial charge in [0.2, 0.25) is 5.88 Å². The van der Waals surface area contributed by atoms with Gasteiger partial charge in [-0.2, -0.15) is 0 Å². The average Bonchev–Trinajstić information content (AvgIpc) is 2.48. The van der Waals surface area contributed by atoms with E-state index in [1.54, 1.807) is 6.33 Å². The summed E-state index contributed by atoms with van der Waals surface area (Å²) in [4.78, 5) is 8.46. The highest BCUT2D eigenvalue weighted by Gasteiger charge is 2.14. The summed E-state index contributed by atoms with van der Waals surface area (Å²) in [5.41, 5.74) is 3.45. The molecule has 1 N–H and O–H groups in total. The van der Waals surface area contributed by atoms with E-state index in [0.717, 1.165) is 42.9 Å². The van der Waals surface area contributed by atoms with Crippen LogP contribution in [0, 0.1) is 0 Å². The average molecular weight is 269 g/mol. The minimum atomic E-state index is 0.615. The molecule has 0 unspecified atom stereocenters. The molecule has 1 aliphatic heterocycles. The third-order valence-electron chi connectivity index (χ3n) is 3.46. The molecule has 0 radical (unpaired) electrons. The highest BCUT2D eigenvalue weighted by molar-refractivity contribution is 5.64. The van der Waals surface area contributed by atoms with Gasteiger partial charge in [0.1, 0.15) is 6.33 Å². The van der Waals surface area contributed by atoms with Crippen LogP contribution < -0.4 is 10.1 Å². The lowest BCUT2D eigenvalue weighted by Gasteiger charge is -2.20. The molecule has 0 bridgehead atoms. The lowest BCUT2D eigenvalue weighted by Crippen LogP contribution is -2.12. The van der Waals surface area contributed by atoms with Crippen LogP contribution in [0.3, 0.4) is 0 Å². The second-order valence-electron chi connectivity index (χ2n) is 5.02. The first-order valence-electron chi connectivity index (χ1n) is 7.21. The van der Waals surface area contributed by atoms with Crippen molar-refractivity contribution in [3.05, 3.63) is 41.9 Å². The van der Waals surface area contributed by atoms with E-state index in [0.29, 0.717) is 5.88 Å². The minimum absolute atomic E-state index is 0.615. The summed E-state index contributed by atoms with van der Waals surface area (Å²) in [6.07, 6.45) is 5.86. The molecule has 1 aromatic heterocycles. The molecule has 1 aliphatic rings. The maximum Gasteiger partial charge on any atom is 0.222 e. The molecule has 0 saturated carbocycles. The number of aromatic nitrogens is 2. The summed E-state index contributed by atoms with van der Waals surface area (Å²) >= 11 is 0. The predicted octanol–water partition coefficient (Wildman–Crippen LogP) is 3.58. The lowest BCUT2D eigenvalue weighted by atomic mass is 10.0. The smallest absolute Gasteiger partial charge is 0.222 e. The Morgan fingerprint density at radius 2 is 2.25 bits per heavy atom. The second-order valence-corrected chi connectivity index (χ2v) is 5.02. The lowest BCUT2D eigenvalue weighted by molar-refractivity contribution is 0.460. The first-order chi connectivity index (χ1) is 9.86. The molecule has 0 atom stereocenters. The van der Waals surface area contributed by atoms with Gasteiger partial charge in [0, 0.05) is 18.3 Å². The van der Waals surface area contributed by atoms with Gasteiger partial charge in [0.25, 0.3) is 0 Å². The van der Waals surface area contributed by atoms with Crippen molar-refractivity contribution in [2.75, 3.05) is 11.9 Å². The third kappa shape index (κ3) is 2.74. The Bertz CT molecular complexity index is 598. The number of nitrogens with zero attached hydrogens (tertiary/aromatic N) is 2. The molecular formula is C16H19N3O. The van der Waals surface area contributed by atoms with Crippen LogP contribution in [0.5, 0.6) is 11.6 Å². The fraction of sp³-hybridized carbons (Fsp3) is 0.375. The second kappa shape index (κ2) is 5.90. The van der Waals surface area contributed by atoms with Gasteiger partial charge in [0.05, 0.1) is 5.69 Å². The predicted molar refractivity (Wildman–Crippen MR) is 79.4 cm³/mol. The number of hydrogen-bond donors (Lipinski definition) is 1. The zero-order chi connectivity index (χ0) is 13.8. The van der Waals surface area contributed by atoms with Gasteiger partial charge in [-0.25, -0.2) is 9.97 Å². The maximum absolute atomic E-state index is 5.95. The van der Waals surface area contributed by atoms with Gasteiger partial charge in [-0.15, -0.1) is 0 Å². The molecule has 0 amide bonds. The summed E-state index contributed by atoms with van der Waals surface area (Å²) < 4.78 is 5.95. The van der Waals surface area contributed by atoms with E-state index in [-0.39, 0.29) is 0 Å². The van der Waals surface area contributed by atoms with E-state index in [4.69, 9.17) is 4.74 Å². The number of nitrogens with one attached hydrogen (secondary N) is 1. The SMILES string of the molecule is CCCc1cc(Oc2cccc3c2NCCC3)ncn1. The molecule has 104 valence electrons. The molecule has 0 saturated heterocycles. The molecule has 0 spiro atoms.